The van der Waals surface area contributed by atoms with E-state index in [0.717, 1.165) is 11.6 Å². The zero-order chi connectivity index (χ0) is 22.4. The number of carbonyl (C=O) groups is 4. The maximum atomic E-state index is 12.2. The Balaban J connectivity index is 1.56. The van der Waals surface area contributed by atoms with E-state index >= 15 is 0 Å². The highest BCUT2D eigenvalue weighted by atomic mass is 16.5. The highest BCUT2D eigenvalue weighted by Gasteiger charge is 2.36. The Labute approximate surface area is 178 Å². The standard InChI is InChI=1S/C24H20O7/c1-15-13-21(26)22(24(28)31-15)20(25)12-7-16-5-10-19(11-6-16)30-14-17-3-8-18(9-4-17)23(27)29-2/h3-13,22H,14H2,1-2H3/b12-7+/t22-/m1/s1. The normalized spacial score (nSPS) is 15.9. The molecule has 0 radical (unpaired) electrons. The maximum Gasteiger partial charge on any atom is 0.337 e. The summed E-state index contributed by atoms with van der Waals surface area (Å²) in [6, 6.07) is 13.8. The van der Waals surface area contributed by atoms with E-state index in [-0.39, 0.29) is 5.76 Å². The van der Waals surface area contributed by atoms with Gasteiger partial charge in [-0.05, 0) is 48.4 Å². The molecule has 0 amide bonds. The average molecular weight is 420 g/mol. The number of benzene rings is 2. The van der Waals surface area contributed by atoms with Crippen molar-refractivity contribution in [3.05, 3.63) is 83.1 Å². The summed E-state index contributed by atoms with van der Waals surface area (Å²) in [5.41, 5.74) is 2.05. The molecule has 1 heterocycles. The van der Waals surface area contributed by atoms with Gasteiger partial charge in [-0.3, -0.25) is 14.4 Å². The predicted octanol–water partition coefficient (Wildman–Crippen LogP) is 3.28. The number of ketones is 2. The highest BCUT2D eigenvalue weighted by molar-refractivity contribution is 6.25. The van der Waals surface area contributed by atoms with Crippen LogP contribution in [0.5, 0.6) is 5.75 Å². The molecule has 1 aliphatic heterocycles. The van der Waals surface area contributed by atoms with Gasteiger partial charge in [0.05, 0.1) is 12.7 Å². The fraction of sp³-hybridized carbons (Fsp3) is 0.167. The first-order valence-electron chi connectivity index (χ1n) is 9.43. The summed E-state index contributed by atoms with van der Waals surface area (Å²) in [5, 5.41) is 0. The van der Waals surface area contributed by atoms with Gasteiger partial charge in [0, 0.05) is 6.08 Å². The van der Waals surface area contributed by atoms with Crippen molar-refractivity contribution in [1.29, 1.82) is 0 Å². The quantitative estimate of drug-likeness (QED) is 0.385. The smallest absolute Gasteiger partial charge is 0.337 e. The second kappa shape index (κ2) is 9.67. The number of ether oxygens (including phenoxy) is 3. The number of hydrogen-bond donors (Lipinski definition) is 0. The van der Waals surface area contributed by atoms with Crippen molar-refractivity contribution >= 4 is 29.6 Å². The molecule has 31 heavy (non-hydrogen) atoms. The lowest BCUT2D eigenvalue weighted by molar-refractivity contribution is -0.151. The molecule has 7 nitrogen and oxygen atoms in total. The van der Waals surface area contributed by atoms with Gasteiger partial charge in [0.15, 0.2) is 17.5 Å². The molecule has 1 aliphatic rings. The molecule has 3 rings (SSSR count). The minimum Gasteiger partial charge on any atom is -0.489 e. The van der Waals surface area contributed by atoms with Crippen molar-refractivity contribution in [1.82, 2.24) is 0 Å². The molecule has 0 saturated heterocycles. The van der Waals surface area contributed by atoms with Crippen LogP contribution >= 0.6 is 0 Å². The minimum absolute atomic E-state index is 0.179. The van der Waals surface area contributed by atoms with Crippen LogP contribution in [0.15, 0.2) is 66.4 Å². The fourth-order valence-electron chi connectivity index (χ4n) is 2.87. The molecule has 1 atom stereocenters. The third kappa shape index (κ3) is 5.54. The van der Waals surface area contributed by atoms with E-state index in [9.17, 15) is 19.2 Å². The third-order valence-electron chi connectivity index (χ3n) is 4.51. The van der Waals surface area contributed by atoms with Gasteiger partial charge in [0.2, 0.25) is 0 Å². The minimum atomic E-state index is -1.45. The van der Waals surface area contributed by atoms with Gasteiger partial charge in [0.25, 0.3) is 0 Å². The molecular weight excluding hydrogens is 400 g/mol. The van der Waals surface area contributed by atoms with Crippen LogP contribution in [-0.4, -0.2) is 30.6 Å². The van der Waals surface area contributed by atoms with Gasteiger partial charge in [-0.15, -0.1) is 0 Å². The molecule has 0 bridgehead atoms. The Kier molecular flexibility index (Phi) is 6.77. The number of allylic oxidation sites excluding steroid dienone is 3. The lowest BCUT2D eigenvalue weighted by Gasteiger charge is -2.15. The van der Waals surface area contributed by atoms with Crippen molar-refractivity contribution in [3.8, 4) is 5.75 Å². The van der Waals surface area contributed by atoms with Crippen LogP contribution in [0.4, 0.5) is 0 Å². The predicted molar refractivity (Wildman–Crippen MR) is 111 cm³/mol. The Morgan fingerprint density at radius 1 is 1.03 bits per heavy atom. The molecule has 0 aromatic heterocycles. The molecule has 0 aliphatic carbocycles. The SMILES string of the molecule is COC(=O)c1ccc(COc2ccc(/C=C/C(=O)[C@@H]3C(=O)C=C(C)OC3=O)cc2)cc1. The fourth-order valence-corrected chi connectivity index (χ4v) is 2.87. The molecular formula is C24H20O7. The Morgan fingerprint density at radius 2 is 1.71 bits per heavy atom. The third-order valence-corrected chi connectivity index (χ3v) is 4.51. The van der Waals surface area contributed by atoms with Crippen LogP contribution in [0, 0.1) is 5.92 Å². The van der Waals surface area contributed by atoms with Crippen molar-refractivity contribution in [2.45, 2.75) is 13.5 Å². The van der Waals surface area contributed by atoms with E-state index < -0.39 is 29.4 Å². The van der Waals surface area contributed by atoms with E-state index in [2.05, 4.69) is 4.74 Å². The number of hydrogen-bond acceptors (Lipinski definition) is 7. The van der Waals surface area contributed by atoms with Crippen LogP contribution in [-0.2, 0) is 30.5 Å². The van der Waals surface area contributed by atoms with Gasteiger partial charge in [-0.25, -0.2) is 4.79 Å². The first kappa shape index (κ1) is 21.7. The summed E-state index contributed by atoms with van der Waals surface area (Å²) in [7, 11) is 1.33. The van der Waals surface area contributed by atoms with Crippen molar-refractivity contribution < 1.29 is 33.4 Å². The second-order valence-corrected chi connectivity index (χ2v) is 6.79. The maximum absolute atomic E-state index is 12.2. The largest absolute Gasteiger partial charge is 0.489 e. The van der Waals surface area contributed by atoms with E-state index in [1.54, 1.807) is 48.5 Å². The lowest BCUT2D eigenvalue weighted by Crippen LogP contribution is -2.34. The summed E-state index contributed by atoms with van der Waals surface area (Å²) in [5.74, 6) is -3.12. The molecule has 0 saturated carbocycles. The first-order valence-corrected chi connectivity index (χ1v) is 9.43. The monoisotopic (exact) mass is 420 g/mol. The number of esters is 2. The molecule has 2 aromatic rings. The molecule has 2 aromatic carbocycles. The Bertz CT molecular complexity index is 1060. The summed E-state index contributed by atoms with van der Waals surface area (Å²) in [6.07, 6.45) is 3.85. The Morgan fingerprint density at radius 3 is 2.32 bits per heavy atom. The molecule has 0 fully saturated rings. The van der Waals surface area contributed by atoms with Gasteiger partial charge < -0.3 is 14.2 Å². The van der Waals surface area contributed by atoms with Crippen molar-refractivity contribution in [3.63, 3.8) is 0 Å². The summed E-state index contributed by atoms with van der Waals surface area (Å²) in [6.45, 7) is 1.79. The molecule has 0 unspecified atom stereocenters. The topological polar surface area (TPSA) is 96.0 Å². The number of carbonyl (C=O) groups excluding carboxylic acids is 4. The zero-order valence-corrected chi connectivity index (χ0v) is 17.0. The summed E-state index contributed by atoms with van der Waals surface area (Å²) < 4.78 is 15.2. The van der Waals surface area contributed by atoms with Crippen LogP contribution in [0.2, 0.25) is 0 Å². The first-order chi connectivity index (χ1) is 14.9. The summed E-state index contributed by atoms with van der Waals surface area (Å²) >= 11 is 0. The molecule has 158 valence electrons. The summed E-state index contributed by atoms with van der Waals surface area (Å²) in [4.78, 5) is 47.4. The highest BCUT2D eigenvalue weighted by Crippen LogP contribution is 2.18. The second-order valence-electron chi connectivity index (χ2n) is 6.79. The van der Waals surface area contributed by atoms with Crippen molar-refractivity contribution in [2.75, 3.05) is 7.11 Å². The molecule has 0 N–H and O–H groups in total. The zero-order valence-electron chi connectivity index (χ0n) is 17.0. The van der Waals surface area contributed by atoms with E-state index in [0.29, 0.717) is 23.5 Å². The molecule has 0 spiro atoms. The van der Waals surface area contributed by atoms with E-state index in [1.807, 2.05) is 0 Å². The van der Waals surface area contributed by atoms with E-state index in [1.165, 1.54) is 26.2 Å². The van der Waals surface area contributed by atoms with Crippen LogP contribution < -0.4 is 4.74 Å². The van der Waals surface area contributed by atoms with Crippen molar-refractivity contribution in [2.24, 2.45) is 5.92 Å². The Hall–Kier alpha value is -4.00. The van der Waals surface area contributed by atoms with Crippen LogP contribution in [0.25, 0.3) is 6.08 Å². The number of cyclic esters (lactones) is 1. The van der Waals surface area contributed by atoms with Gasteiger partial charge in [-0.1, -0.05) is 30.3 Å². The number of methoxy groups -OCH3 is 1. The number of rotatable bonds is 7. The van der Waals surface area contributed by atoms with Gasteiger partial charge in [-0.2, -0.15) is 0 Å². The molecule has 7 heteroatoms. The lowest BCUT2D eigenvalue weighted by atomic mass is 9.96. The van der Waals surface area contributed by atoms with Crippen LogP contribution in [0.3, 0.4) is 0 Å². The van der Waals surface area contributed by atoms with E-state index in [4.69, 9.17) is 9.47 Å². The van der Waals surface area contributed by atoms with Gasteiger partial charge in [0.1, 0.15) is 18.1 Å². The van der Waals surface area contributed by atoms with Crippen LogP contribution in [0.1, 0.15) is 28.4 Å². The van der Waals surface area contributed by atoms with Gasteiger partial charge >= 0.3 is 11.9 Å². The average Bonchev–Trinajstić information content (AvgIpc) is 2.76.